The van der Waals surface area contributed by atoms with Crippen molar-refractivity contribution in [2.75, 3.05) is 29.7 Å². The molecule has 1 aromatic heterocycles. The van der Waals surface area contributed by atoms with Crippen LogP contribution in [-0.4, -0.2) is 43.5 Å². The van der Waals surface area contributed by atoms with Crippen molar-refractivity contribution >= 4 is 21.6 Å². The second kappa shape index (κ2) is 5.31. The molecule has 0 aliphatic rings. The van der Waals surface area contributed by atoms with Gasteiger partial charge in [0, 0.05) is 31.1 Å². The van der Waals surface area contributed by atoms with E-state index in [2.05, 4.69) is 20.6 Å². The van der Waals surface area contributed by atoms with Crippen LogP contribution >= 0.6 is 0 Å². The predicted molar refractivity (Wildman–Crippen MR) is 69.1 cm³/mol. The fraction of sp³-hybridized carbons (Fsp3) is 0.600. The third-order valence-electron chi connectivity index (χ3n) is 2.13. The molecule has 1 rings (SSSR count). The number of nitrogens with zero attached hydrogens (tertiary/aromatic N) is 2. The molecule has 6 nitrogen and oxygen atoms in total. The van der Waals surface area contributed by atoms with Gasteiger partial charge >= 0.3 is 0 Å². The molecule has 0 radical (unpaired) electrons. The number of aryl methyl sites for hydroxylation is 1. The summed E-state index contributed by atoms with van der Waals surface area (Å²) in [6.45, 7) is 3.68. The quantitative estimate of drug-likeness (QED) is 0.807. The molecule has 0 aliphatic heterocycles. The SMILES string of the molecule is CNc1ncc(C)c(NC(C)CS(C)(=O)=O)n1. The Labute approximate surface area is 102 Å². The molecule has 2 N–H and O–H groups in total. The molecule has 17 heavy (non-hydrogen) atoms. The Kier molecular flexibility index (Phi) is 4.28. The van der Waals surface area contributed by atoms with Crippen LogP contribution in [0, 0.1) is 6.92 Å². The van der Waals surface area contributed by atoms with E-state index in [1.165, 1.54) is 6.26 Å². The Balaban J connectivity index is 2.80. The third-order valence-corrected chi connectivity index (χ3v) is 3.24. The number of rotatable bonds is 5. The first kappa shape index (κ1) is 13.7. The third kappa shape index (κ3) is 4.56. The van der Waals surface area contributed by atoms with Gasteiger partial charge in [-0.2, -0.15) is 4.98 Å². The summed E-state index contributed by atoms with van der Waals surface area (Å²) in [7, 11) is -1.26. The summed E-state index contributed by atoms with van der Waals surface area (Å²) in [6.07, 6.45) is 2.91. The molecule has 96 valence electrons. The molecular formula is C10H18N4O2S. The summed E-state index contributed by atoms with van der Waals surface area (Å²) >= 11 is 0. The highest BCUT2D eigenvalue weighted by Gasteiger charge is 2.12. The van der Waals surface area contributed by atoms with E-state index in [1.807, 2.05) is 13.8 Å². The number of aromatic nitrogens is 2. The van der Waals surface area contributed by atoms with E-state index in [1.54, 1.807) is 13.2 Å². The van der Waals surface area contributed by atoms with Crippen molar-refractivity contribution < 1.29 is 8.42 Å². The summed E-state index contributed by atoms with van der Waals surface area (Å²) in [4.78, 5) is 8.29. The second-order valence-electron chi connectivity index (χ2n) is 4.11. The summed E-state index contributed by atoms with van der Waals surface area (Å²) in [5, 5.41) is 5.91. The first-order valence-electron chi connectivity index (χ1n) is 5.27. The lowest BCUT2D eigenvalue weighted by Gasteiger charge is -2.15. The van der Waals surface area contributed by atoms with Gasteiger partial charge in [-0.1, -0.05) is 0 Å². The Hall–Kier alpha value is -1.37. The van der Waals surface area contributed by atoms with Crippen LogP contribution in [0.25, 0.3) is 0 Å². The molecule has 0 fully saturated rings. The Bertz CT molecular complexity index is 487. The van der Waals surface area contributed by atoms with Gasteiger partial charge in [0.15, 0.2) is 0 Å². The largest absolute Gasteiger partial charge is 0.366 e. The number of anilines is 2. The Morgan fingerprint density at radius 3 is 2.65 bits per heavy atom. The van der Waals surface area contributed by atoms with Crippen molar-refractivity contribution in [3.8, 4) is 0 Å². The van der Waals surface area contributed by atoms with Crippen molar-refractivity contribution in [2.24, 2.45) is 0 Å². The van der Waals surface area contributed by atoms with Crippen LogP contribution in [0.1, 0.15) is 12.5 Å². The summed E-state index contributed by atoms with van der Waals surface area (Å²) < 4.78 is 22.3. The fourth-order valence-electron chi connectivity index (χ4n) is 1.44. The zero-order valence-electron chi connectivity index (χ0n) is 10.5. The average molecular weight is 258 g/mol. The van der Waals surface area contributed by atoms with Crippen LogP contribution in [0.4, 0.5) is 11.8 Å². The van der Waals surface area contributed by atoms with Crippen molar-refractivity contribution in [1.29, 1.82) is 0 Å². The van der Waals surface area contributed by atoms with Crippen molar-refractivity contribution in [1.82, 2.24) is 9.97 Å². The van der Waals surface area contributed by atoms with E-state index < -0.39 is 9.84 Å². The zero-order chi connectivity index (χ0) is 13.1. The van der Waals surface area contributed by atoms with Crippen LogP contribution in [0.15, 0.2) is 6.20 Å². The first-order valence-corrected chi connectivity index (χ1v) is 7.33. The van der Waals surface area contributed by atoms with Gasteiger partial charge in [0.1, 0.15) is 15.7 Å². The van der Waals surface area contributed by atoms with Crippen molar-refractivity contribution in [2.45, 2.75) is 19.9 Å². The Morgan fingerprint density at radius 2 is 2.12 bits per heavy atom. The van der Waals surface area contributed by atoms with Crippen LogP contribution in [0.2, 0.25) is 0 Å². The minimum atomic E-state index is -2.99. The summed E-state index contributed by atoms with van der Waals surface area (Å²) in [5.41, 5.74) is 0.879. The van der Waals surface area contributed by atoms with Gasteiger partial charge in [-0.05, 0) is 13.8 Å². The van der Waals surface area contributed by atoms with Crippen LogP contribution in [0.3, 0.4) is 0 Å². The lowest BCUT2D eigenvalue weighted by atomic mass is 10.3. The molecule has 0 amide bonds. The molecule has 0 saturated heterocycles. The van der Waals surface area contributed by atoms with E-state index in [9.17, 15) is 8.42 Å². The fourth-order valence-corrected chi connectivity index (χ4v) is 2.43. The maximum atomic E-state index is 11.2. The standard InChI is InChI=1S/C10H18N4O2S/c1-7-5-12-10(11-3)14-9(7)13-8(2)6-17(4,15)16/h5,8H,6H2,1-4H3,(H2,11,12,13,14). The van der Waals surface area contributed by atoms with Crippen molar-refractivity contribution in [3.05, 3.63) is 11.8 Å². The summed E-state index contributed by atoms with van der Waals surface area (Å²) in [6, 6.07) is -0.191. The smallest absolute Gasteiger partial charge is 0.224 e. The minimum Gasteiger partial charge on any atom is -0.366 e. The number of sulfone groups is 1. The molecule has 0 bridgehead atoms. The highest BCUT2D eigenvalue weighted by atomic mass is 32.2. The predicted octanol–water partition coefficient (Wildman–Crippen LogP) is 0.672. The maximum Gasteiger partial charge on any atom is 0.224 e. The molecule has 1 unspecified atom stereocenters. The second-order valence-corrected chi connectivity index (χ2v) is 6.30. The molecule has 1 atom stereocenters. The van der Waals surface area contributed by atoms with Gasteiger partial charge in [-0.15, -0.1) is 0 Å². The van der Waals surface area contributed by atoms with Gasteiger partial charge in [-0.3, -0.25) is 0 Å². The van der Waals surface area contributed by atoms with Gasteiger partial charge in [-0.25, -0.2) is 13.4 Å². The highest BCUT2D eigenvalue weighted by Crippen LogP contribution is 2.13. The maximum absolute atomic E-state index is 11.2. The first-order chi connectivity index (χ1) is 7.81. The number of nitrogens with one attached hydrogen (secondary N) is 2. The van der Waals surface area contributed by atoms with E-state index in [0.717, 1.165) is 5.56 Å². The van der Waals surface area contributed by atoms with Gasteiger partial charge < -0.3 is 10.6 Å². The van der Waals surface area contributed by atoms with E-state index in [0.29, 0.717) is 11.8 Å². The average Bonchev–Trinajstić information content (AvgIpc) is 2.18. The topological polar surface area (TPSA) is 84.0 Å². The van der Waals surface area contributed by atoms with Gasteiger partial charge in [0.05, 0.1) is 5.75 Å². The van der Waals surface area contributed by atoms with E-state index in [-0.39, 0.29) is 11.8 Å². The molecular weight excluding hydrogens is 240 g/mol. The zero-order valence-corrected chi connectivity index (χ0v) is 11.3. The van der Waals surface area contributed by atoms with Crippen molar-refractivity contribution in [3.63, 3.8) is 0 Å². The number of hydrogen-bond donors (Lipinski definition) is 2. The van der Waals surface area contributed by atoms with E-state index >= 15 is 0 Å². The lowest BCUT2D eigenvalue weighted by Crippen LogP contribution is -2.26. The molecule has 0 aliphatic carbocycles. The molecule has 0 spiro atoms. The Morgan fingerprint density at radius 1 is 1.47 bits per heavy atom. The molecule has 1 heterocycles. The normalized spacial score (nSPS) is 13.2. The molecule has 0 aromatic carbocycles. The molecule has 1 aromatic rings. The summed E-state index contributed by atoms with van der Waals surface area (Å²) in [5.74, 6) is 1.23. The molecule has 7 heteroatoms. The highest BCUT2D eigenvalue weighted by molar-refractivity contribution is 7.90. The lowest BCUT2D eigenvalue weighted by molar-refractivity contribution is 0.598. The monoisotopic (exact) mass is 258 g/mol. The molecule has 0 saturated carbocycles. The van der Waals surface area contributed by atoms with E-state index in [4.69, 9.17) is 0 Å². The number of hydrogen-bond acceptors (Lipinski definition) is 6. The van der Waals surface area contributed by atoms with Gasteiger partial charge in [0.2, 0.25) is 5.95 Å². The van der Waals surface area contributed by atoms with Crippen LogP contribution in [-0.2, 0) is 9.84 Å². The van der Waals surface area contributed by atoms with Crippen LogP contribution < -0.4 is 10.6 Å². The van der Waals surface area contributed by atoms with Crippen LogP contribution in [0.5, 0.6) is 0 Å². The minimum absolute atomic E-state index is 0.0747. The van der Waals surface area contributed by atoms with Gasteiger partial charge in [0.25, 0.3) is 0 Å².